The number of hydrogen-bond donors (Lipinski definition) is 1. The number of nitrogens with zero attached hydrogens (tertiary/aromatic N) is 5. The normalized spacial score (nSPS) is 15.9. The Balaban J connectivity index is 0.000000276. The van der Waals surface area contributed by atoms with Crippen molar-refractivity contribution >= 4 is 28.7 Å². The van der Waals surface area contributed by atoms with Gasteiger partial charge in [-0.25, -0.2) is 9.97 Å². The van der Waals surface area contributed by atoms with Gasteiger partial charge in [0.05, 0.1) is 0 Å². The summed E-state index contributed by atoms with van der Waals surface area (Å²) in [5.74, 6) is 1.31. The standard InChI is InChI=1S/C17H19F2N5O2.C12H21N/c1-3-5-6-9(4-2)14-22-15-10-7-8-11-13(26-17(18,19)25-11)12(10)21-16(20)24(15)23-14;1-5-8-9-13-10-12(7-3)11(4)6-2/h7-9H,3-6H2,1-2H3,(H2,20,21);7,9-11H,3,5-6,8H2,1-2,4H3/b;12-10+,13-9?. The van der Waals surface area contributed by atoms with E-state index < -0.39 is 6.29 Å². The van der Waals surface area contributed by atoms with Crippen molar-refractivity contribution in [2.24, 2.45) is 10.9 Å². The molecule has 2 atom stereocenters. The number of halogens is 2. The lowest BCUT2D eigenvalue weighted by Gasteiger charge is -2.09. The number of alkyl halides is 2. The van der Waals surface area contributed by atoms with Gasteiger partial charge in [-0.05, 0) is 49.3 Å². The molecule has 1 aliphatic rings. The third-order valence-corrected chi connectivity index (χ3v) is 6.78. The van der Waals surface area contributed by atoms with Gasteiger partial charge in [0.2, 0.25) is 5.95 Å². The Morgan fingerprint density at radius 2 is 1.92 bits per heavy atom. The van der Waals surface area contributed by atoms with Crippen LogP contribution in [-0.4, -0.2) is 32.1 Å². The first-order valence-electron chi connectivity index (χ1n) is 13.8. The average molecular weight is 543 g/mol. The number of aromatic nitrogens is 4. The fourth-order valence-electron chi connectivity index (χ4n) is 4.21. The van der Waals surface area contributed by atoms with Crippen LogP contribution in [0.3, 0.4) is 0 Å². The van der Waals surface area contributed by atoms with E-state index in [9.17, 15) is 8.78 Å². The number of unbranched alkanes of at least 4 members (excludes halogenated alkanes) is 2. The van der Waals surface area contributed by atoms with E-state index in [-0.39, 0.29) is 28.9 Å². The highest BCUT2D eigenvalue weighted by Crippen LogP contribution is 2.45. The first-order valence-corrected chi connectivity index (χ1v) is 13.8. The van der Waals surface area contributed by atoms with Gasteiger partial charge in [0.1, 0.15) is 5.52 Å². The van der Waals surface area contributed by atoms with Crippen molar-refractivity contribution in [2.75, 3.05) is 5.73 Å². The van der Waals surface area contributed by atoms with E-state index in [2.05, 4.69) is 70.7 Å². The maximum atomic E-state index is 13.4. The Bertz CT molecular complexity index is 1330. The van der Waals surface area contributed by atoms with Crippen LogP contribution in [0.4, 0.5) is 14.7 Å². The molecule has 212 valence electrons. The first kappa shape index (κ1) is 30.0. The minimum absolute atomic E-state index is 0.0591. The molecule has 0 bridgehead atoms. The highest BCUT2D eigenvalue weighted by Gasteiger charge is 2.45. The third kappa shape index (κ3) is 7.10. The Morgan fingerprint density at radius 3 is 2.56 bits per heavy atom. The molecule has 2 aromatic heterocycles. The summed E-state index contributed by atoms with van der Waals surface area (Å²) in [6.45, 7) is 14.5. The number of allylic oxidation sites excluding steroid dienone is 2. The van der Waals surface area contributed by atoms with Crippen LogP contribution in [0, 0.1) is 5.92 Å². The molecular weight excluding hydrogens is 502 g/mol. The molecule has 0 saturated heterocycles. The monoisotopic (exact) mass is 542 g/mol. The van der Waals surface area contributed by atoms with Crippen LogP contribution in [0.5, 0.6) is 11.5 Å². The minimum atomic E-state index is -3.72. The van der Waals surface area contributed by atoms with E-state index in [1.807, 2.05) is 18.5 Å². The Labute approximate surface area is 229 Å². The number of ether oxygens (including phenoxy) is 2. The van der Waals surface area contributed by atoms with Crippen molar-refractivity contribution in [2.45, 2.75) is 91.8 Å². The average Bonchev–Trinajstić information content (AvgIpc) is 3.50. The molecule has 0 radical (unpaired) electrons. The molecule has 39 heavy (non-hydrogen) atoms. The lowest BCUT2D eigenvalue weighted by Crippen LogP contribution is -2.26. The Morgan fingerprint density at radius 1 is 1.15 bits per heavy atom. The molecule has 2 N–H and O–H groups in total. The summed E-state index contributed by atoms with van der Waals surface area (Å²) in [4.78, 5) is 13.1. The van der Waals surface area contributed by atoms with Crippen molar-refractivity contribution in [3.63, 3.8) is 0 Å². The van der Waals surface area contributed by atoms with Gasteiger partial charge in [-0.15, -0.1) is 13.9 Å². The number of anilines is 1. The number of nitrogen functional groups attached to an aromatic ring is 1. The maximum absolute atomic E-state index is 13.4. The van der Waals surface area contributed by atoms with Crippen LogP contribution in [0.1, 0.15) is 91.3 Å². The zero-order valence-electron chi connectivity index (χ0n) is 23.6. The molecule has 0 fully saturated rings. The molecule has 1 aliphatic heterocycles. The van der Waals surface area contributed by atoms with Crippen LogP contribution in [0.2, 0.25) is 0 Å². The van der Waals surface area contributed by atoms with Gasteiger partial charge < -0.3 is 15.2 Å². The van der Waals surface area contributed by atoms with Gasteiger partial charge in [0.25, 0.3) is 0 Å². The van der Waals surface area contributed by atoms with Crippen LogP contribution in [-0.2, 0) is 0 Å². The first-order chi connectivity index (χ1) is 18.7. The van der Waals surface area contributed by atoms with Gasteiger partial charge in [-0.3, -0.25) is 4.99 Å². The summed E-state index contributed by atoms with van der Waals surface area (Å²) in [5.41, 5.74) is 7.89. The highest BCUT2D eigenvalue weighted by molar-refractivity contribution is 5.97. The van der Waals surface area contributed by atoms with Gasteiger partial charge in [0.15, 0.2) is 23.0 Å². The molecule has 3 aromatic rings. The molecule has 0 saturated carbocycles. The predicted molar refractivity (Wildman–Crippen MR) is 153 cm³/mol. The van der Waals surface area contributed by atoms with E-state index in [1.54, 1.807) is 6.07 Å². The van der Waals surface area contributed by atoms with E-state index in [0.717, 1.165) is 44.9 Å². The highest BCUT2D eigenvalue weighted by atomic mass is 19.3. The summed E-state index contributed by atoms with van der Waals surface area (Å²) in [7, 11) is 0. The third-order valence-electron chi connectivity index (χ3n) is 6.78. The summed E-state index contributed by atoms with van der Waals surface area (Å²) in [6, 6.07) is 3.03. The van der Waals surface area contributed by atoms with Crippen molar-refractivity contribution in [1.82, 2.24) is 19.6 Å². The van der Waals surface area contributed by atoms with E-state index in [4.69, 9.17) is 5.73 Å². The van der Waals surface area contributed by atoms with Crippen molar-refractivity contribution in [3.05, 3.63) is 42.4 Å². The number of fused-ring (bicyclic) bond motifs is 5. The predicted octanol–water partition coefficient (Wildman–Crippen LogP) is 7.84. The molecule has 0 spiro atoms. The molecule has 1 aromatic carbocycles. The second-order valence-electron chi connectivity index (χ2n) is 9.64. The van der Waals surface area contributed by atoms with E-state index >= 15 is 0 Å². The topological polar surface area (TPSA) is 99.9 Å². The van der Waals surface area contributed by atoms with Crippen LogP contribution >= 0.6 is 0 Å². The van der Waals surface area contributed by atoms with Gasteiger partial charge in [-0.1, -0.05) is 66.5 Å². The molecule has 3 heterocycles. The lowest BCUT2D eigenvalue weighted by atomic mass is 9.99. The Kier molecular flexibility index (Phi) is 10.4. The Hall–Kier alpha value is -3.56. The molecule has 0 aliphatic carbocycles. The largest absolute Gasteiger partial charge is 0.586 e. The lowest BCUT2D eigenvalue weighted by molar-refractivity contribution is -0.286. The van der Waals surface area contributed by atoms with Gasteiger partial charge in [-0.2, -0.15) is 4.52 Å². The number of hydrogen-bond acceptors (Lipinski definition) is 7. The molecule has 4 rings (SSSR count). The number of rotatable bonds is 11. The fraction of sp³-hybridized carbons (Fsp3) is 0.517. The summed E-state index contributed by atoms with van der Waals surface area (Å²) < 4.78 is 37.4. The second kappa shape index (κ2) is 13.5. The van der Waals surface area contributed by atoms with Crippen molar-refractivity contribution in [1.29, 1.82) is 0 Å². The summed E-state index contributed by atoms with van der Waals surface area (Å²) >= 11 is 0. The zero-order valence-corrected chi connectivity index (χ0v) is 23.6. The fourth-order valence-corrected chi connectivity index (χ4v) is 4.21. The van der Waals surface area contributed by atoms with Crippen LogP contribution in [0.15, 0.2) is 41.6 Å². The van der Waals surface area contributed by atoms with Gasteiger partial charge in [0, 0.05) is 23.7 Å². The number of nitrogens with two attached hydrogens (primary N) is 1. The second-order valence-corrected chi connectivity index (χ2v) is 9.64. The summed E-state index contributed by atoms with van der Waals surface area (Å²) in [6.07, 6.45) is 9.48. The smallest absolute Gasteiger partial charge is 0.395 e. The number of benzene rings is 1. The molecule has 0 amide bonds. The van der Waals surface area contributed by atoms with E-state index in [0.29, 0.717) is 22.8 Å². The number of aliphatic imine (C=N–C) groups is 1. The minimum Gasteiger partial charge on any atom is -0.395 e. The van der Waals surface area contributed by atoms with E-state index in [1.165, 1.54) is 16.2 Å². The van der Waals surface area contributed by atoms with Crippen LogP contribution < -0.4 is 15.2 Å². The molecule has 10 heteroatoms. The molecule has 2 unspecified atom stereocenters. The zero-order chi connectivity index (χ0) is 28.6. The van der Waals surface area contributed by atoms with Crippen LogP contribution in [0.25, 0.3) is 16.6 Å². The quantitative estimate of drug-likeness (QED) is 0.196. The SMILES string of the molecule is C=C/C(=C\N=CCCC)C(C)CC.CCCCC(CC)c1nc2c3ccc4c(c3nc(N)n2n1)OC(F)(F)O4. The van der Waals surface area contributed by atoms with Crippen molar-refractivity contribution < 1.29 is 18.3 Å². The maximum Gasteiger partial charge on any atom is 0.586 e. The van der Waals surface area contributed by atoms with Gasteiger partial charge >= 0.3 is 6.29 Å². The molecule has 8 nitrogen and oxygen atoms in total. The molecular formula is C29H40F2N6O2. The summed E-state index contributed by atoms with van der Waals surface area (Å²) in [5, 5.41) is 5.04. The van der Waals surface area contributed by atoms with Crippen molar-refractivity contribution in [3.8, 4) is 11.5 Å².